The number of carbonyl (C=O) groups is 1. The molecule has 80 valence electrons. The molecule has 4 heteroatoms. The summed E-state index contributed by atoms with van der Waals surface area (Å²) >= 11 is 0. The number of halogens is 2. The Kier molecular flexibility index (Phi) is 3.55. The zero-order valence-electron chi connectivity index (χ0n) is 8.38. The van der Waals surface area contributed by atoms with E-state index in [0.29, 0.717) is 5.56 Å². The predicted octanol–water partition coefficient (Wildman–Crippen LogP) is 2.78. The Balaban J connectivity index is 3.27. The van der Waals surface area contributed by atoms with E-state index < -0.39 is 23.2 Å². The maximum absolute atomic E-state index is 13.3. The summed E-state index contributed by atoms with van der Waals surface area (Å²) in [6.45, 7) is 1.73. The third-order valence-corrected chi connectivity index (χ3v) is 1.81. The second-order valence-corrected chi connectivity index (χ2v) is 2.85. The van der Waals surface area contributed by atoms with E-state index in [1.165, 1.54) is 6.08 Å². The Bertz CT molecular complexity index is 388. The average molecular weight is 212 g/mol. The average Bonchev–Trinajstić information content (AvgIpc) is 2.16. The molecule has 0 radical (unpaired) electrons. The van der Waals surface area contributed by atoms with Crippen molar-refractivity contribution in [3.63, 3.8) is 0 Å². The lowest BCUT2D eigenvalue weighted by Gasteiger charge is -2.03. The Labute approximate surface area is 86.2 Å². The van der Waals surface area contributed by atoms with Crippen LogP contribution in [0, 0.1) is 11.6 Å². The molecule has 1 aromatic carbocycles. The largest absolute Gasteiger partial charge is 0.465 e. The lowest BCUT2D eigenvalue weighted by molar-refractivity contribution is 0.0590. The molecule has 2 nitrogen and oxygen atoms in total. The molecule has 0 fully saturated rings. The molecule has 1 aromatic rings. The van der Waals surface area contributed by atoms with Gasteiger partial charge < -0.3 is 4.74 Å². The Hall–Kier alpha value is -1.71. The second kappa shape index (κ2) is 4.68. The highest BCUT2D eigenvalue weighted by Crippen LogP contribution is 2.17. The van der Waals surface area contributed by atoms with E-state index in [-0.39, 0.29) is 0 Å². The summed E-state index contributed by atoms with van der Waals surface area (Å²) in [5, 5.41) is 0. The van der Waals surface area contributed by atoms with E-state index in [1.54, 1.807) is 13.0 Å². The van der Waals surface area contributed by atoms with Crippen LogP contribution in [0.15, 0.2) is 18.2 Å². The summed E-state index contributed by atoms with van der Waals surface area (Å²) in [6.07, 6.45) is 3.18. The van der Waals surface area contributed by atoms with Gasteiger partial charge in [0.25, 0.3) is 0 Å². The van der Waals surface area contributed by atoms with Gasteiger partial charge in [0, 0.05) is 0 Å². The normalized spacial score (nSPS) is 10.7. The zero-order chi connectivity index (χ0) is 11.4. The van der Waals surface area contributed by atoms with Gasteiger partial charge in [-0.25, -0.2) is 13.6 Å². The molecule has 0 aromatic heterocycles. The summed E-state index contributed by atoms with van der Waals surface area (Å²) in [5.74, 6) is -2.86. The van der Waals surface area contributed by atoms with Crippen molar-refractivity contribution in [2.75, 3.05) is 7.11 Å². The highest BCUT2D eigenvalue weighted by atomic mass is 19.1. The van der Waals surface area contributed by atoms with Crippen molar-refractivity contribution < 1.29 is 18.3 Å². The van der Waals surface area contributed by atoms with Crippen molar-refractivity contribution >= 4 is 12.0 Å². The first-order valence-electron chi connectivity index (χ1n) is 4.30. The van der Waals surface area contributed by atoms with Crippen molar-refractivity contribution in [3.8, 4) is 0 Å². The van der Waals surface area contributed by atoms with E-state index in [2.05, 4.69) is 4.74 Å². The van der Waals surface area contributed by atoms with Crippen molar-refractivity contribution in [1.82, 2.24) is 0 Å². The van der Waals surface area contributed by atoms with Crippen molar-refractivity contribution in [2.45, 2.75) is 6.92 Å². The molecule has 0 amide bonds. The summed E-state index contributed by atoms with van der Waals surface area (Å²) < 4.78 is 30.9. The zero-order valence-corrected chi connectivity index (χ0v) is 8.38. The van der Waals surface area contributed by atoms with Crippen LogP contribution in [0.3, 0.4) is 0 Å². The van der Waals surface area contributed by atoms with Crippen LogP contribution >= 0.6 is 0 Å². The molecule has 0 bridgehead atoms. The van der Waals surface area contributed by atoms with Crippen LogP contribution in [-0.2, 0) is 4.74 Å². The highest BCUT2D eigenvalue weighted by Gasteiger charge is 2.18. The lowest BCUT2D eigenvalue weighted by atomic mass is 10.1. The third-order valence-electron chi connectivity index (χ3n) is 1.81. The number of hydrogen-bond acceptors (Lipinski definition) is 2. The van der Waals surface area contributed by atoms with Gasteiger partial charge in [-0.2, -0.15) is 0 Å². The number of esters is 1. The van der Waals surface area contributed by atoms with Gasteiger partial charge in [-0.15, -0.1) is 0 Å². The molecule has 0 spiro atoms. The van der Waals surface area contributed by atoms with E-state index in [9.17, 15) is 13.6 Å². The first kappa shape index (κ1) is 11.4. The highest BCUT2D eigenvalue weighted by molar-refractivity contribution is 5.90. The van der Waals surface area contributed by atoms with Gasteiger partial charge >= 0.3 is 5.97 Å². The van der Waals surface area contributed by atoms with Gasteiger partial charge in [0.2, 0.25) is 0 Å². The van der Waals surface area contributed by atoms with Crippen LogP contribution in [-0.4, -0.2) is 13.1 Å². The minimum Gasteiger partial charge on any atom is -0.465 e. The van der Waals surface area contributed by atoms with Crippen molar-refractivity contribution in [3.05, 3.63) is 41.0 Å². The number of carbonyl (C=O) groups excluding carboxylic acids is 1. The number of methoxy groups -OCH3 is 1. The van der Waals surface area contributed by atoms with Gasteiger partial charge in [0.15, 0.2) is 0 Å². The fraction of sp³-hybridized carbons (Fsp3) is 0.182. The molecule has 0 unspecified atom stereocenters. The van der Waals surface area contributed by atoms with E-state index in [4.69, 9.17) is 0 Å². The SMILES string of the molecule is C/C=C\c1cc(F)c(C(=O)OC)c(F)c1. The molecule has 0 saturated heterocycles. The number of rotatable bonds is 2. The third kappa shape index (κ3) is 2.40. The Morgan fingerprint density at radius 2 is 1.87 bits per heavy atom. The topological polar surface area (TPSA) is 26.3 Å². The Morgan fingerprint density at radius 1 is 1.33 bits per heavy atom. The molecule has 0 aliphatic carbocycles. The van der Waals surface area contributed by atoms with Crippen LogP contribution in [0.2, 0.25) is 0 Å². The number of hydrogen-bond donors (Lipinski definition) is 0. The lowest BCUT2D eigenvalue weighted by Crippen LogP contribution is -2.08. The summed E-state index contributed by atoms with van der Waals surface area (Å²) in [5.41, 5.74) is -0.300. The van der Waals surface area contributed by atoms with Crippen molar-refractivity contribution in [1.29, 1.82) is 0 Å². The Morgan fingerprint density at radius 3 is 2.27 bits per heavy atom. The number of ether oxygens (including phenoxy) is 1. The molecular formula is C11H10F2O2. The second-order valence-electron chi connectivity index (χ2n) is 2.85. The number of allylic oxidation sites excluding steroid dienone is 1. The predicted molar refractivity (Wildman–Crippen MR) is 52.4 cm³/mol. The van der Waals surface area contributed by atoms with Gasteiger partial charge in [-0.1, -0.05) is 12.2 Å². The van der Waals surface area contributed by atoms with Crippen LogP contribution in [0.25, 0.3) is 6.08 Å². The quantitative estimate of drug-likeness (QED) is 0.704. The first-order chi connectivity index (χ1) is 7.10. The van der Waals surface area contributed by atoms with Crippen molar-refractivity contribution in [2.24, 2.45) is 0 Å². The molecule has 0 heterocycles. The van der Waals surface area contributed by atoms with Gasteiger partial charge in [0.05, 0.1) is 7.11 Å². The minimum absolute atomic E-state index is 0.361. The summed E-state index contributed by atoms with van der Waals surface area (Å²) in [4.78, 5) is 11.0. The molecule has 15 heavy (non-hydrogen) atoms. The van der Waals surface area contributed by atoms with Crippen LogP contribution in [0.4, 0.5) is 8.78 Å². The monoisotopic (exact) mass is 212 g/mol. The molecule has 0 atom stereocenters. The number of benzene rings is 1. The fourth-order valence-electron chi connectivity index (χ4n) is 1.18. The molecule has 1 rings (SSSR count). The van der Waals surface area contributed by atoms with E-state index in [0.717, 1.165) is 19.2 Å². The minimum atomic E-state index is -1.02. The summed E-state index contributed by atoms with van der Waals surface area (Å²) in [6, 6.07) is 2.16. The molecule has 0 saturated carbocycles. The maximum Gasteiger partial charge on any atom is 0.343 e. The molecule has 0 aliphatic heterocycles. The van der Waals surface area contributed by atoms with Crippen LogP contribution < -0.4 is 0 Å². The maximum atomic E-state index is 13.3. The molecular weight excluding hydrogens is 202 g/mol. The van der Waals surface area contributed by atoms with Crippen LogP contribution in [0.5, 0.6) is 0 Å². The standard InChI is InChI=1S/C11H10F2O2/c1-3-4-7-5-8(12)10(9(13)6-7)11(14)15-2/h3-6H,1-2H3/b4-3-. The summed E-state index contributed by atoms with van der Waals surface area (Å²) in [7, 11) is 1.07. The molecule has 0 N–H and O–H groups in total. The van der Waals surface area contributed by atoms with Gasteiger partial charge in [-0.05, 0) is 24.6 Å². The first-order valence-corrected chi connectivity index (χ1v) is 4.30. The van der Waals surface area contributed by atoms with E-state index >= 15 is 0 Å². The van der Waals surface area contributed by atoms with Gasteiger partial charge in [-0.3, -0.25) is 0 Å². The smallest absolute Gasteiger partial charge is 0.343 e. The van der Waals surface area contributed by atoms with E-state index in [1.807, 2.05) is 0 Å². The molecule has 0 aliphatic rings. The fourth-order valence-corrected chi connectivity index (χ4v) is 1.18. The van der Waals surface area contributed by atoms with Gasteiger partial charge in [0.1, 0.15) is 17.2 Å². The van der Waals surface area contributed by atoms with Crippen LogP contribution in [0.1, 0.15) is 22.8 Å².